The van der Waals surface area contributed by atoms with E-state index in [-0.39, 0.29) is 5.41 Å². The largest absolute Gasteiger partial charge is 0.381 e. The third kappa shape index (κ3) is 4.38. The summed E-state index contributed by atoms with van der Waals surface area (Å²) in [4.78, 5) is 17.5. The first-order valence-electron chi connectivity index (χ1n) is 10.8. The van der Waals surface area contributed by atoms with Crippen LogP contribution in [0.3, 0.4) is 0 Å². The molecule has 1 spiro atoms. The molecule has 1 amide bonds. The standard InChI is InChI=1S/C23H34N2O2/c1-2-22(26)25-16-21-7-4-3-6-20(21)14-23(18-25)10-5-11-24(17-23)15-19-8-12-27-13-9-19/h3-4,6-7,19H,2,5,8-18H2,1H3. The predicted molar refractivity (Wildman–Crippen MR) is 108 cm³/mol. The van der Waals surface area contributed by atoms with Crippen LogP contribution in [0.2, 0.25) is 0 Å². The fourth-order valence-electron chi connectivity index (χ4n) is 5.44. The zero-order valence-corrected chi connectivity index (χ0v) is 16.8. The van der Waals surface area contributed by atoms with E-state index in [4.69, 9.17) is 4.74 Å². The van der Waals surface area contributed by atoms with Crippen LogP contribution in [0, 0.1) is 11.3 Å². The quantitative estimate of drug-likeness (QED) is 0.816. The number of carbonyl (C=O) groups is 1. The summed E-state index contributed by atoms with van der Waals surface area (Å²) in [5.74, 6) is 1.08. The maximum atomic E-state index is 12.7. The molecule has 1 aromatic carbocycles. The Hall–Kier alpha value is -1.39. The number of likely N-dealkylation sites (tertiary alicyclic amines) is 1. The van der Waals surface area contributed by atoms with Gasteiger partial charge in [0.25, 0.3) is 0 Å². The van der Waals surface area contributed by atoms with E-state index in [1.165, 1.54) is 49.9 Å². The molecule has 3 aliphatic heterocycles. The van der Waals surface area contributed by atoms with Crippen LogP contribution in [0.5, 0.6) is 0 Å². The monoisotopic (exact) mass is 370 g/mol. The fraction of sp³-hybridized carbons (Fsp3) is 0.696. The first kappa shape index (κ1) is 18.9. The van der Waals surface area contributed by atoms with Crippen LogP contribution in [-0.2, 0) is 22.5 Å². The van der Waals surface area contributed by atoms with Crippen molar-refractivity contribution in [2.75, 3.05) is 39.4 Å². The lowest BCUT2D eigenvalue weighted by Crippen LogP contribution is -2.51. The molecule has 3 heterocycles. The molecule has 0 radical (unpaired) electrons. The van der Waals surface area contributed by atoms with E-state index in [1.807, 2.05) is 6.92 Å². The van der Waals surface area contributed by atoms with Crippen molar-refractivity contribution in [1.29, 1.82) is 0 Å². The molecule has 1 unspecified atom stereocenters. The summed E-state index contributed by atoms with van der Waals surface area (Å²) >= 11 is 0. The van der Waals surface area contributed by atoms with Crippen molar-refractivity contribution in [2.45, 2.75) is 52.0 Å². The number of hydrogen-bond acceptors (Lipinski definition) is 3. The topological polar surface area (TPSA) is 32.8 Å². The molecule has 4 heteroatoms. The number of piperidine rings is 1. The van der Waals surface area contributed by atoms with Crippen LogP contribution in [0.1, 0.15) is 50.2 Å². The molecule has 27 heavy (non-hydrogen) atoms. The van der Waals surface area contributed by atoms with Gasteiger partial charge in [0.05, 0.1) is 0 Å². The summed E-state index contributed by atoms with van der Waals surface area (Å²) in [6, 6.07) is 8.78. The van der Waals surface area contributed by atoms with E-state index >= 15 is 0 Å². The second-order valence-corrected chi connectivity index (χ2v) is 8.94. The molecular weight excluding hydrogens is 336 g/mol. The van der Waals surface area contributed by atoms with Gasteiger partial charge in [0.2, 0.25) is 5.91 Å². The lowest BCUT2D eigenvalue weighted by Gasteiger charge is -2.45. The number of fused-ring (bicyclic) bond motifs is 1. The number of amides is 1. The van der Waals surface area contributed by atoms with Gasteiger partial charge in [-0.25, -0.2) is 0 Å². The van der Waals surface area contributed by atoms with Gasteiger partial charge < -0.3 is 14.5 Å². The van der Waals surface area contributed by atoms with Gasteiger partial charge in [-0.05, 0) is 55.7 Å². The number of rotatable bonds is 3. The maximum absolute atomic E-state index is 12.7. The zero-order chi connectivity index (χ0) is 18.7. The van der Waals surface area contributed by atoms with Crippen molar-refractivity contribution >= 4 is 5.91 Å². The number of nitrogens with zero attached hydrogens (tertiary/aromatic N) is 2. The first-order chi connectivity index (χ1) is 13.2. The molecule has 148 valence electrons. The van der Waals surface area contributed by atoms with Crippen LogP contribution < -0.4 is 0 Å². The maximum Gasteiger partial charge on any atom is 0.222 e. The molecule has 4 rings (SSSR count). The molecule has 1 aromatic rings. The Labute approximate surface area is 163 Å². The smallest absolute Gasteiger partial charge is 0.222 e. The van der Waals surface area contributed by atoms with Gasteiger partial charge in [0.1, 0.15) is 0 Å². The zero-order valence-electron chi connectivity index (χ0n) is 16.8. The molecule has 0 aliphatic carbocycles. The molecule has 0 bridgehead atoms. The predicted octanol–water partition coefficient (Wildman–Crippen LogP) is 3.49. The van der Waals surface area contributed by atoms with E-state index in [0.717, 1.165) is 45.2 Å². The Bertz CT molecular complexity index is 656. The van der Waals surface area contributed by atoms with Crippen molar-refractivity contribution in [1.82, 2.24) is 9.80 Å². The Morgan fingerprint density at radius 3 is 2.74 bits per heavy atom. The molecule has 0 N–H and O–H groups in total. The first-order valence-corrected chi connectivity index (χ1v) is 10.8. The minimum absolute atomic E-state index is 0.209. The summed E-state index contributed by atoms with van der Waals surface area (Å²) < 4.78 is 5.54. The number of carbonyl (C=O) groups excluding carboxylic acids is 1. The average molecular weight is 371 g/mol. The Kier molecular flexibility index (Phi) is 5.84. The highest BCUT2D eigenvalue weighted by atomic mass is 16.5. The van der Waals surface area contributed by atoms with Gasteiger partial charge in [0, 0.05) is 51.2 Å². The van der Waals surface area contributed by atoms with Crippen LogP contribution in [-0.4, -0.2) is 55.1 Å². The molecule has 2 fully saturated rings. The van der Waals surface area contributed by atoms with Crippen molar-refractivity contribution in [2.24, 2.45) is 11.3 Å². The number of benzene rings is 1. The fourth-order valence-corrected chi connectivity index (χ4v) is 5.44. The van der Waals surface area contributed by atoms with Gasteiger partial charge >= 0.3 is 0 Å². The van der Waals surface area contributed by atoms with E-state index in [9.17, 15) is 4.79 Å². The van der Waals surface area contributed by atoms with Gasteiger partial charge in [-0.1, -0.05) is 31.2 Å². The molecular formula is C23H34N2O2. The second-order valence-electron chi connectivity index (χ2n) is 8.94. The second kappa shape index (κ2) is 8.32. The van der Waals surface area contributed by atoms with E-state index in [1.54, 1.807) is 0 Å². The molecule has 2 saturated heterocycles. The number of ether oxygens (including phenoxy) is 1. The lowest BCUT2D eigenvalue weighted by atomic mass is 9.74. The van der Waals surface area contributed by atoms with E-state index in [2.05, 4.69) is 34.1 Å². The minimum Gasteiger partial charge on any atom is -0.381 e. The third-order valence-electron chi connectivity index (χ3n) is 6.82. The Morgan fingerprint density at radius 2 is 1.96 bits per heavy atom. The third-order valence-corrected chi connectivity index (χ3v) is 6.82. The highest BCUT2D eigenvalue weighted by molar-refractivity contribution is 5.76. The molecule has 4 nitrogen and oxygen atoms in total. The van der Waals surface area contributed by atoms with Gasteiger partial charge in [-0.3, -0.25) is 4.79 Å². The van der Waals surface area contributed by atoms with Crippen LogP contribution in [0.4, 0.5) is 0 Å². The van der Waals surface area contributed by atoms with Crippen molar-refractivity contribution < 1.29 is 9.53 Å². The van der Waals surface area contributed by atoms with E-state index in [0.29, 0.717) is 12.3 Å². The van der Waals surface area contributed by atoms with Crippen molar-refractivity contribution in [3.05, 3.63) is 35.4 Å². The van der Waals surface area contributed by atoms with Crippen LogP contribution in [0.25, 0.3) is 0 Å². The highest BCUT2D eigenvalue weighted by Crippen LogP contribution is 2.39. The summed E-state index contributed by atoms with van der Waals surface area (Å²) in [5.41, 5.74) is 3.01. The summed E-state index contributed by atoms with van der Waals surface area (Å²) in [7, 11) is 0. The van der Waals surface area contributed by atoms with Crippen LogP contribution in [0.15, 0.2) is 24.3 Å². The SMILES string of the molecule is CCC(=O)N1Cc2ccccc2CC2(CCCN(CC3CCOCC3)C2)C1. The van der Waals surface area contributed by atoms with Gasteiger partial charge in [-0.15, -0.1) is 0 Å². The highest BCUT2D eigenvalue weighted by Gasteiger charge is 2.40. The average Bonchev–Trinajstić information content (AvgIpc) is 2.84. The Morgan fingerprint density at radius 1 is 1.19 bits per heavy atom. The van der Waals surface area contributed by atoms with Gasteiger partial charge in [-0.2, -0.15) is 0 Å². The Balaban J connectivity index is 1.54. The van der Waals surface area contributed by atoms with E-state index < -0.39 is 0 Å². The minimum atomic E-state index is 0.209. The molecule has 0 saturated carbocycles. The summed E-state index contributed by atoms with van der Waals surface area (Å²) in [5, 5.41) is 0. The normalized spacial score (nSPS) is 27.4. The van der Waals surface area contributed by atoms with Crippen molar-refractivity contribution in [3.8, 4) is 0 Å². The number of hydrogen-bond donors (Lipinski definition) is 0. The molecule has 3 aliphatic rings. The van der Waals surface area contributed by atoms with Crippen LogP contribution >= 0.6 is 0 Å². The van der Waals surface area contributed by atoms with Gasteiger partial charge in [0.15, 0.2) is 0 Å². The molecule has 0 aromatic heterocycles. The lowest BCUT2D eigenvalue weighted by molar-refractivity contribution is -0.133. The van der Waals surface area contributed by atoms with Crippen molar-refractivity contribution in [3.63, 3.8) is 0 Å². The molecule has 1 atom stereocenters. The summed E-state index contributed by atoms with van der Waals surface area (Å²) in [6.07, 6.45) is 6.60. The summed E-state index contributed by atoms with van der Waals surface area (Å²) in [6.45, 7) is 9.09.